The maximum absolute atomic E-state index is 11.0. The molecule has 0 aromatic heterocycles. The highest BCUT2D eigenvalue weighted by Gasteiger charge is 2.05. The van der Waals surface area contributed by atoms with Gasteiger partial charge in [0.05, 0.1) is 0 Å². The van der Waals surface area contributed by atoms with Gasteiger partial charge in [0.1, 0.15) is 0 Å². The number of aliphatic imine (C=N–C) groups is 1. The number of unbranched alkanes of at least 4 members (excludes halogenated alkanes) is 2. The third-order valence-corrected chi connectivity index (χ3v) is 3.55. The number of nitrogens with zero attached hydrogens (tertiary/aromatic N) is 1. The van der Waals surface area contributed by atoms with Crippen molar-refractivity contribution in [1.82, 2.24) is 10.6 Å². The SMILES string of the molecule is CCCCCC(C)NC(=NC)NCc1ccc(C(N)=O)cc1.I. The van der Waals surface area contributed by atoms with Gasteiger partial charge in [-0.2, -0.15) is 0 Å². The number of nitrogens with one attached hydrogen (secondary N) is 2. The third-order valence-electron chi connectivity index (χ3n) is 3.55. The van der Waals surface area contributed by atoms with Crippen LogP contribution >= 0.6 is 24.0 Å². The van der Waals surface area contributed by atoms with Crippen LogP contribution in [-0.2, 0) is 6.54 Å². The quantitative estimate of drug-likeness (QED) is 0.256. The van der Waals surface area contributed by atoms with Crippen molar-refractivity contribution in [2.75, 3.05) is 7.05 Å². The molecule has 1 aromatic carbocycles. The Hall–Kier alpha value is -1.31. The van der Waals surface area contributed by atoms with Gasteiger partial charge in [-0.1, -0.05) is 38.3 Å². The predicted octanol–water partition coefficient (Wildman–Crippen LogP) is 3.04. The molecule has 0 aliphatic rings. The molecule has 4 N–H and O–H groups in total. The molecular formula is C17H29IN4O. The number of hydrogen-bond acceptors (Lipinski definition) is 2. The van der Waals surface area contributed by atoms with Gasteiger partial charge in [-0.25, -0.2) is 0 Å². The number of nitrogens with two attached hydrogens (primary N) is 1. The number of carbonyl (C=O) groups excluding carboxylic acids is 1. The molecule has 130 valence electrons. The van der Waals surface area contributed by atoms with Gasteiger partial charge in [0.15, 0.2) is 5.96 Å². The van der Waals surface area contributed by atoms with Crippen LogP contribution in [0, 0.1) is 0 Å². The fraction of sp³-hybridized carbons (Fsp3) is 0.529. The van der Waals surface area contributed by atoms with Crippen molar-refractivity contribution in [2.45, 2.75) is 52.1 Å². The molecule has 1 amide bonds. The number of rotatable bonds is 8. The van der Waals surface area contributed by atoms with Crippen LogP contribution in [0.25, 0.3) is 0 Å². The summed E-state index contributed by atoms with van der Waals surface area (Å²) in [6.45, 7) is 5.03. The minimum atomic E-state index is -0.405. The summed E-state index contributed by atoms with van der Waals surface area (Å²) >= 11 is 0. The van der Waals surface area contributed by atoms with Crippen LogP contribution in [0.1, 0.15) is 55.5 Å². The molecule has 0 heterocycles. The highest BCUT2D eigenvalue weighted by Crippen LogP contribution is 2.04. The first-order valence-electron chi connectivity index (χ1n) is 7.92. The van der Waals surface area contributed by atoms with Crippen molar-refractivity contribution in [3.63, 3.8) is 0 Å². The van der Waals surface area contributed by atoms with Crippen molar-refractivity contribution in [1.29, 1.82) is 0 Å². The average molecular weight is 432 g/mol. The summed E-state index contributed by atoms with van der Waals surface area (Å²) in [5, 5.41) is 6.67. The number of halogens is 1. The van der Waals surface area contributed by atoms with E-state index in [-0.39, 0.29) is 24.0 Å². The van der Waals surface area contributed by atoms with E-state index in [0.29, 0.717) is 18.2 Å². The van der Waals surface area contributed by atoms with Crippen molar-refractivity contribution < 1.29 is 4.79 Å². The molecule has 23 heavy (non-hydrogen) atoms. The zero-order chi connectivity index (χ0) is 16.4. The van der Waals surface area contributed by atoms with Crippen LogP contribution in [0.15, 0.2) is 29.3 Å². The molecule has 0 bridgehead atoms. The van der Waals surface area contributed by atoms with E-state index in [1.807, 2.05) is 12.1 Å². The zero-order valence-corrected chi connectivity index (χ0v) is 16.6. The lowest BCUT2D eigenvalue weighted by molar-refractivity contribution is 0.100. The normalized spacial score (nSPS) is 12.2. The monoisotopic (exact) mass is 432 g/mol. The highest BCUT2D eigenvalue weighted by molar-refractivity contribution is 14.0. The Morgan fingerprint density at radius 3 is 2.43 bits per heavy atom. The Bertz CT molecular complexity index is 488. The van der Waals surface area contributed by atoms with Crippen molar-refractivity contribution in [3.05, 3.63) is 35.4 Å². The van der Waals surface area contributed by atoms with Crippen LogP contribution in [0.2, 0.25) is 0 Å². The summed E-state index contributed by atoms with van der Waals surface area (Å²) in [4.78, 5) is 15.3. The van der Waals surface area contributed by atoms with Crippen LogP contribution in [0.3, 0.4) is 0 Å². The molecule has 1 atom stereocenters. The topological polar surface area (TPSA) is 79.5 Å². The minimum absolute atomic E-state index is 0. The van der Waals surface area contributed by atoms with E-state index in [4.69, 9.17) is 5.73 Å². The molecule has 0 saturated heterocycles. The minimum Gasteiger partial charge on any atom is -0.366 e. The molecule has 0 saturated carbocycles. The Morgan fingerprint density at radius 2 is 1.91 bits per heavy atom. The largest absolute Gasteiger partial charge is 0.366 e. The number of benzene rings is 1. The van der Waals surface area contributed by atoms with Crippen molar-refractivity contribution in [2.24, 2.45) is 10.7 Å². The Kier molecular flexibility index (Phi) is 11.5. The average Bonchev–Trinajstić information content (AvgIpc) is 2.52. The Labute approximate surface area is 156 Å². The van der Waals surface area contributed by atoms with E-state index in [9.17, 15) is 4.79 Å². The van der Waals surface area contributed by atoms with Gasteiger partial charge >= 0.3 is 0 Å². The maximum Gasteiger partial charge on any atom is 0.248 e. The van der Waals surface area contributed by atoms with E-state index < -0.39 is 5.91 Å². The zero-order valence-electron chi connectivity index (χ0n) is 14.3. The lowest BCUT2D eigenvalue weighted by Gasteiger charge is -2.18. The summed E-state index contributed by atoms with van der Waals surface area (Å²) < 4.78 is 0. The van der Waals surface area contributed by atoms with Gasteiger partial charge in [0.2, 0.25) is 5.91 Å². The molecule has 1 rings (SSSR count). The van der Waals surface area contributed by atoms with Gasteiger partial charge in [0.25, 0.3) is 0 Å². The fourth-order valence-electron chi connectivity index (χ4n) is 2.17. The van der Waals surface area contributed by atoms with Crippen molar-refractivity contribution >= 4 is 35.8 Å². The molecule has 0 fully saturated rings. The highest BCUT2D eigenvalue weighted by atomic mass is 127. The molecule has 0 spiro atoms. The summed E-state index contributed by atoms with van der Waals surface area (Å²) in [7, 11) is 1.77. The lowest BCUT2D eigenvalue weighted by atomic mass is 10.1. The molecule has 1 unspecified atom stereocenters. The number of amides is 1. The second kappa shape index (κ2) is 12.2. The molecule has 1 aromatic rings. The van der Waals surface area contributed by atoms with Gasteiger partial charge in [-0.15, -0.1) is 24.0 Å². The number of primary amides is 1. The molecule has 5 nitrogen and oxygen atoms in total. The van der Waals surface area contributed by atoms with Crippen LogP contribution in [0.4, 0.5) is 0 Å². The number of guanidine groups is 1. The van der Waals surface area contributed by atoms with E-state index in [1.165, 1.54) is 19.3 Å². The van der Waals surface area contributed by atoms with Crippen LogP contribution < -0.4 is 16.4 Å². The van der Waals surface area contributed by atoms with Gasteiger partial charge in [-0.05, 0) is 31.0 Å². The smallest absolute Gasteiger partial charge is 0.248 e. The van der Waals surface area contributed by atoms with E-state index in [2.05, 4.69) is 29.5 Å². The Balaban J connectivity index is 0.00000484. The number of hydrogen-bond donors (Lipinski definition) is 3. The predicted molar refractivity (Wildman–Crippen MR) is 107 cm³/mol. The third kappa shape index (κ3) is 8.78. The van der Waals surface area contributed by atoms with E-state index in [0.717, 1.165) is 17.9 Å². The Morgan fingerprint density at radius 1 is 1.26 bits per heavy atom. The lowest BCUT2D eigenvalue weighted by Crippen LogP contribution is -2.41. The molecular weight excluding hydrogens is 403 g/mol. The van der Waals surface area contributed by atoms with Crippen LogP contribution in [0.5, 0.6) is 0 Å². The second-order valence-corrected chi connectivity index (χ2v) is 5.53. The summed E-state index contributed by atoms with van der Waals surface area (Å²) in [5.74, 6) is 0.390. The first-order valence-corrected chi connectivity index (χ1v) is 7.92. The molecule has 0 aliphatic carbocycles. The summed E-state index contributed by atoms with van der Waals surface area (Å²) in [5.41, 5.74) is 6.83. The molecule has 0 aliphatic heterocycles. The molecule has 0 radical (unpaired) electrons. The first-order chi connectivity index (χ1) is 10.6. The standard InChI is InChI=1S/C17H28N4O.HI/c1-4-5-6-7-13(2)21-17(19-3)20-12-14-8-10-15(11-9-14)16(18)22;/h8-11,13H,4-7,12H2,1-3H3,(H2,18,22)(H2,19,20,21);1H. The first kappa shape index (κ1) is 21.7. The van der Waals surface area contributed by atoms with Gasteiger partial charge < -0.3 is 16.4 Å². The van der Waals surface area contributed by atoms with Gasteiger partial charge in [-0.3, -0.25) is 9.79 Å². The molecule has 6 heteroatoms. The summed E-state index contributed by atoms with van der Waals surface area (Å²) in [6.07, 6.45) is 4.88. The fourth-order valence-corrected chi connectivity index (χ4v) is 2.17. The summed E-state index contributed by atoms with van der Waals surface area (Å²) in [6, 6.07) is 7.66. The van der Waals surface area contributed by atoms with E-state index >= 15 is 0 Å². The van der Waals surface area contributed by atoms with E-state index in [1.54, 1.807) is 19.2 Å². The maximum atomic E-state index is 11.0. The van der Waals surface area contributed by atoms with Crippen molar-refractivity contribution in [3.8, 4) is 0 Å². The van der Waals surface area contributed by atoms with Crippen LogP contribution in [-0.4, -0.2) is 25.0 Å². The van der Waals surface area contributed by atoms with Gasteiger partial charge in [0, 0.05) is 25.2 Å². The second-order valence-electron chi connectivity index (χ2n) is 5.53. The number of carbonyl (C=O) groups is 1.